The van der Waals surface area contributed by atoms with Crippen molar-refractivity contribution in [3.63, 3.8) is 0 Å². The Kier molecular flexibility index (Phi) is 4.69. The molecule has 0 radical (unpaired) electrons. The molecule has 0 unspecified atom stereocenters. The smallest absolute Gasteiger partial charge is 0.326 e. The van der Waals surface area contributed by atoms with Crippen molar-refractivity contribution < 1.29 is 14.6 Å². The van der Waals surface area contributed by atoms with Gasteiger partial charge in [-0.1, -0.05) is 26.3 Å². The summed E-state index contributed by atoms with van der Waals surface area (Å²) in [6.45, 7) is 8.51. The fourth-order valence-electron chi connectivity index (χ4n) is 3.79. The number of fused-ring (bicyclic) bond motifs is 1. The average molecular weight is 305 g/mol. The summed E-state index contributed by atoms with van der Waals surface area (Å²) in [6.07, 6.45) is 2.43. The molecule has 2 atom stereocenters. The van der Waals surface area contributed by atoms with Gasteiger partial charge in [0, 0.05) is 17.3 Å². The highest BCUT2D eigenvalue weighted by Gasteiger charge is 2.42. The Labute approximate surface area is 133 Å². The van der Waals surface area contributed by atoms with Crippen LogP contribution in [0.2, 0.25) is 0 Å². The predicted octanol–water partition coefficient (Wildman–Crippen LogP) is 4.04. The summed E-state index contributed by atoms with van der Waals surface area (Å²) in [4.78, 5) is 13.9. The molecule has 0 saturated carbocycles. The number of carboxylic acids is 1. The number of hydrogen-bond acceptors (Lipinski definition) is 3. The maximum absolute atomic E-state index is 11.8. The lowest BCUT2D eigenvalue weighted by atomic mass is 9.78. The fraction of sp³-hybridized carbons (Fsp3) is 0.611. The highest BCUT2D eigenvalue weighted by molar-refractivity contribution is 5.80. The molecule has 1 aliphatic rings. The van der Waals surface area contributed by atoms with E-state index in [-0.39, 0.29) is 5.54 Å². The highest BCUT2D eigenvalue weighted by Crippen LogP contribution is 2.46. The molecule has 1 N–H and O–H groups in total. The average Bonchev–Trinajstić information content (AvgIpc) is 2.44. The van der Waals surface area contributed by atoms with Crippen LogP contribution in [0.5, 0.6) is 5.75 Å². The molecule has 1 aromatic carbocycles. The van der Waals surface area contributed by atoms with Gasteiger partial charge in [-0.3, -0.25) is 0 Å². The first-order valence-corrected chi connectivity index (χ1v) is 8.02. The summed E-state index contributed by atoms with van der Waals surface area (Å²) in [6, 6.07) is 5.52. The number of carboxylic acid groups (broad SMARTS) is 1. The van der Waals surface area contributed by atoms with Crippen molar-refractivity contribution in [2.24, 2.45) is 0 Å². The van der Waals surface area contributed by atoms with Crippen LogP contribution in [0.4, 0.5) is 5.69 Å². The number of carbonyl (C=O) groups is 1. The molecule has 122 valence electrons. The number of hydrogen-bond donors (Lipinski definition) is 1. The first-order valence-electron chi connectivity index (χ1n) is 8.02. The van der Waals surface area contributed by atoms with Crippen LogP contribution in [0, 0.1) is 0 Å². The quantitative estimate of drug-likeness (QED) is 0.892. The molecule has 0 aromatic heterocycles. The summed E-state index contributed by atoms with van der Waals surface area (Å²) < 4.78 is 5.36. The third-order valence-corrected chi connectivity index (χ3v) is 4.64. The fourth-order valence-corrected chi connectivity index (χ4v) is 3.79. The zero-order valence-electron chi connectivity index (χ0n) is 14.2. The van der Waals surface area contributed by atoms with Gasteiger partial charge in [-0.25, -0.2) is 4.79 Å². The largest absolute Gasteiger partial charge is 0.497 e. The normalized spacial score (nSPS) is 21.1. The third-order valence-electron chi connectivity index (χ3n) is 4.64. The first kappa shape index (κ1) is 16.7. The highest BCUT2D eigenvalue weighted by atomic mass is 16.5. The Morgan fingerprint density at radius 3 is 2.73 bits per heavy atom. The van der Waals surface area contributed by atoms with Crippen LogP contribution in [0.25, 0.3) is 0 Å². The summed E-state index contributed by atoms with van der Waals surface area (Å²) in [5.74, 6) is 0.427. The van der Waals surface area contributed by atoms with Crippen LogP contribution in [-0.4, -0.2) is 29.8 Å². The van der Waals surface area contributed by atoms with Gasteiger partial charge in [0.25, 0.3) is 0 Å². The van der Waals surface area contributed by atoms with Gasteiger partial charge in [-0.2, -0.15) is 0 Å². The number of rotatable bonds is 5. The van der Waals surface area contributed by atoms with Crippen LogP contribution in [0.1, 0.15) is 58.4 Å². The zero-order valence-corrected chi connectivity index (χ0v) is 14.2. The molecule has 0 aliphatic carbocycles. The molecule has 1 aliphatic heterocycles. The minimum Gasteiger partial charge on any atom is -0.497 e. The minimum absolute atomic E-state index is 0.197. The summed E-state index contributed by atoms with van der Waals surface area (Å²) in [5.41, 5.74) is 2.02. The number of aliphatic carboxylic acids is 1. The third kappa shape index (κ3) is 2.92. The lowest BCUT2D eigenvalue weighted by molar-refractivity contribution is -0.139. The number of nitrogens with zero attached hydrogens (tertiary/aromatic N) is 1. The lowest BCUT2D eigenvalue weighted by Gasteiger charge is -2.50. The molecule has 0 spiro atoms. The van der Waals surface area contributed by atoms with Gasteiger partial charge in [0.15, 0.2) is 0 Å². The van der Waals surface area contributed by atoms with Gasteiger partial charge in [-0.05, 0) is 44.2 Å². The Morgan fingerprint density at radius 1 is 1.50 bits per heavy atom. The standard InChI is InChI=1S/C18H27NO3/c1-6-7-15(17(20)21)19-16-10-13(22-5)8-9-14(16)12(2)11-18(19,3)4/h8-10,12,15H,6-7,11H2,1-5H3,(H,20,21)/t12-,15+/m1/s1. The molecule has 0 bridgehead atoms. The van der Waals surface area contributed by atoms with E-state index in [9.17, 15) is 9.90 Å². The van der Waals surface area contributed by atoms with Crippen LogP contribution < -0.4 is 9.64 Å². The van der Waals surface area contributed by atoms with E-state index in [1.807, 2.05) is 19.1 Å². The number of anilines is 1. The Morgan fingerprint density at radius 2 is 2.18 bits per heavy atom. The van der Waals surface area contributed by atoms with Gasteiger partial charge < -0.3 is 14.7 Å². The van der Waals surface area contributed by atoms with Crippen LogP contribution in [-0.2, 0) is 4.79 Å². The van der Waals surface area contributed by atoms with Crippen molar-refractivity contribution in [1.82, 2.24) is 0 Å². The van der Waals surface area contributed by atoms with Gasteiger partial charge in [0.2, 0.25) is 0 Å². The van der Waals surface area contributed by atoms with Crippen molar-refractivity contribution in [2.75, 3.05) is 12.0 Å². The predicted molar refractivity (Wildman–Crippen MR) is 88.9 cm³/mol. The summed E-state index contributed by atoms with van der Waals surface area (Å²) >= 11 is 0. The maximum Gasteiger partial charge on any atom is 0.326 e. The molecule has 1 heterocycles. The van der Waals surface area contributed by atoms with E-state index < -0.39 is 12.0 Å². The second kappa shape index (κ2) is 6.19. The van der Waals surface area contributed by atoms with Crippen molar-refractivity contribution >= 4 is 11.7 Å². The van der Waals surface area contributed by atoms with Crippen LogP contribution >= 0.6 is 0 Å². The van der Waals surface area contributed by atoms with E-state index in [4.69, 9.17) is 4.74 Å². The molecule has 4 heteroatoms. The van der Waals surface area contributed by atoms with Gasteiger partial charge >= 0.3 is 5.97 Å². The molecule has 4 nitrogen and oxygen atoms in total. The van der Waals surface area contributed by atoms with Gasteiger partial charge in [0.1, 0.15) is 11.8 Å². The van der Waals surface area contributed by atoms with Crippen molar-refractivity contribution in [3.8, 4) is 5.75 Å². The van der Waals surface area contributed by atoms with Crippen LogP contribution in [0.15, 0.2) is 18.2 Å². The molecule has 22 heavy (non-hydrogen) atoms. The summed E-state index contributed by atoms with van der Waals surface area (Å²) in [5, 5.41) is 9.73. The first-order chi connectivity index (χ1) is 10.3. The minimum atomic E-state index is -0.752. The molecule has 0 amide bonds. The van der Waals surface area contributed by atoms with E-state index in [2.05, 4.69) is 31.7 Å². The number of ether oxygens (including phenoxy) is 1. The Hall–Kier alpha value is -1.71. The topological polar surface area (TPSA) is 49.8 Å². The van der Waals surface area contributed by atoms with E-state index in [1.165, 1.54) is 5.56 Å². The van der Waals surface area contributed by atoms with E-state index >= 15 is 0 Å². The van der Waals surface area contributed by atoms with E-state index in [0.717, 1.165) is 24.3 Å². The maximum atomic E-state index is 11.8. The zero-order chi connectivity index (χ0) is 16.5. The lowest BCUT2D eigenvalue weighted by Crippen LogP contribution is -2.56. The second-order valence-electron chi connectivity index (χ2n) is 6.86. The Bertz CT molecular complexity index is 553. The molecule has 2 rings (SSSR count). The van der Waals surface area contributed by atoms with Crippen molar-refractivity contribution in [1.29, 1.82) is 0 Å². The number of benzene rings is 1. The summed E-state index contributed by atoms with van der Waals surface area (Å²) in [7, 11) is 1.64. The van der Waals surface area contributed by atoms with Gasteiger partial charge in [-0.15, -0.1) is 0 Å². The molecule has 0 fully saturated rings. The van der Waals surface area contributed by atoms with Gasteiger partial charge in [0.05, 0.1) is 7.11 Å². The molecular formula is C18H27NO3. The number of methoxy groups -OCH3 is 1. The SMILES string of the molecule is CCC[C@@H](C(=O)O)N1c2cc(OC)ccc2[C@H](C)CC1(C)C. The van der Waals surface area contributed by atoms with Crippen molar-refractivity contribution in [3.05, 3.63) is 23.8 Å². The molecule has 0 saturated heterocycles. The van der Waals surface area contributed by atoms with Crippen LogP contribution in [0.3, 0.4) is 0 Å². The van der Waals surface area contributed by atoms with Crippen molar-refractivity contribution in [2.45, 2.75) is 64.5 Å². The second-order valence-corrected chi connectivity index (χ2v) is 6.86. The molecule has 1 aromatic rings. The van der Waals surface area contributed by atoms with E-state index in [0.29, 0.717) is 12.3 Å². The monoisotopic (exact) mass is 305 g/mol. The van der Waals surface area contributed by atoms with E-state index in [1.54, 1.807) is 7.11 Å². The molecular weight excluding hydrogens is 278 g/mol. The Balaban J connectivity index is 2.59.